The van der Waals surface area contributed by atoms with Crippen LogP contribution in [-0.2, 0) is 0 Å². The van der Waals surface area contributed by atoms with Crippen molar-refractivity contribution in [1.82, 2.24) is 9.88 Å². The third-order valence-electron chi connectivity index (χ3n) is 10.9. The lowest BCUT2D eigenvalue weighted by Gasteiger charge is -2.25. The lowest BCUT2D eigenvalue weighted by molar-refractivity contribution is 0.670. The number of nitrogens with one attached hydrogen (secondary N) is 1. The van der Waals surface area contributed by atoms with Crippen molar-refractivity contribution in [3.05, 3.63) is 211 Å². The molecule has 5 nitrogen and oxygen atoms in total. The minimum absolute atomic E-state index is 0.317. The molecule has 1 aliphatic rings. The van der Waals surface area contributed by atoms with Crippen LogP contribution in [0.25, 0.3) is 71.7 Å². The first-order chi connectivity index (χ1) is 27.8. The van der Waals surface area contributed by atoms with Crippen molar-refractivity contribution in [3.63, 3.8) is 0 Å². The first-order valence-corrected chi connectivity index (χ1v) is 18.9. The van der Waals surface area contributed by atoms with Gasteiger partial charge in [-0.1, -0.05) is 164 Å². The molecule has 10 aromatic rings. The summed E-state index contributed by atoms with van der Waals surface area (Å²) in [4.78, 5) is 10.4. The van der Waals surface area contributed by atoms with Gasteiger partial charge in [0.25, 0.3) is 0 Å². The summed E-state index contributed by atoms with van der Waals surface area (Å²) < 4.78 is 8.89. The van der Waals surface area contributed by atoms with E-state index in [9.17, 15) is 0 Å². The summed E-state index contributed by atoms with van der Waals surface area (Å²) in [6.45, 7) is 0. The van der Waals surface area contributed by atoms with Crippen LogP contribution < -0.4 is 5.32 Å². The van der Waals surface area contributed by atoms with Gasteiger partial charge in [0.2, 0.25) is 0 Å². The molecule has 1 aliphatic heterocycles. The molecule has 5 heteroatoms. The van der Waals surface area contributed by atoms with Gasteiger partial charge in [-0.15, -0.1) is 0 Å². The number of para-hydroxylation sites is 3. The molecular formula is C51H34N4O. The van der Waals surface area contributed by atoms with Gasteiger partial charge in [-0.25, -0.2) is 9.98 Å². The van der Waals surface area contributed by atoms with Crippen LogP contribution >= 0.6 is 0 Å². The Bertz CT molecular complexity index is 3160. The second-order valence-corrected chi connectivity index (χ2v) is 14.2. The maximum Gasteiger partial charge on any atom is 0.159 e. The molecule has 3 heterocycles. The molecule has 1 atom stereocenters. The lowest BCUT2D eigenvalue weighted by Crippen LogP contribution is -2.34. The molecule has 1 N–H and O–H groups in total. The van der Waals surface area contributed by atoms with Crippen molar-refractivity contribution in [2.75, 3.05) is 0 Å². The van der Waals surface area contributed by atoms with Gasteiger partial charge in [0.1, 0.15) is 23.2 Å². The molecule has 0 aliphatic carbocycles. The van der Waals surface area contributed by atoms with Gasteiger partial charge in [0.15, 0.2) is 5.84 Å². The van der Waals surface area contributed by atoms with Crippen molar-refractivity contribution in [2.45, 2.75) is 6.17 Å². The number of amidine groups is 2. The number of nitrogens with zero attached hydrogens (tertiary/aromatic N) is 3. The summed E-state index contributed by atoms with van der Waals surface area (Å²) in [5, 5.41) is 8.37. The maximum atomic E-state index is 6.51. The molecule has 8 aromatic carbocycles. The van der Waals surface area contributed by atoms with E-state index >= 15 is 0 Å². The summed E-state index contributed by atoms with van der Waals surface area (Å²) >= 11 is 0. The van der Waals surface area contributed by atoms with Gasteiger partial charge in [0.05, 0.1) is 11.0 Å². The van der Waals surface area contributed by atoms with Crippen LogP contribution in [0, 0.1) is 0 Å². The average molecular weight is 719 g/mol. The largest absolute Gasteiger partial charge is 0.455 e. The summed E-state index contributed by atoms with van der Waals surface area (Å²) in [5.74, 6) is 1.46. The Morgan fingerprint density at radius 3 is 1.96 bits per heavy atom. The molecule has 0 fully saturated rings. The van der Waals surface area contributed by atoms with Gasteiger partial charge in [-0.3, -0.25) is 0 Å². The van der Waals surface area contributed by atoms with E-state index in [4.69, 9.17) is 14.4 Å². The van der Waals surface area contributed by atoms with Crippen LogP contribution in [0.15, 0.2) is 209 Å². The molecule has 264 valence electrons. The van der Waals surface area contributed by atoms with E-state index in [1.54, 1.807) is 0 Å². The van der Waals surface area contributed by atoms with E-state index in [-0.39, 0.29) is 6.17 Å². The van der Waals surface area contributed by atoms with Crippen molar-refractivity contribution in [3.8, 4) is 27.9 Å². The second kappa shape index (κ2) is 13.1. The predicted molar refractivity (Wildman–Crippen MR) is 231 cm³/mol. The van der Waals surface area contributed by atoms with Crippen LogP contribution in [0.1, 0.15) is 22.9 Å². The van der Waals surface area contributed by atoms with Crippen LogP contribution in [-0.4, -0.2) is 16.2 Å². The van der Waals surface area contributed by atoms with Crippen molar-refractivity contribution >= 4 is 55.4 Å². The topological polar surface area (TPSA) is 54.8 Å². The molecule has 56 heavy (non-hydrogen) atoms. The molecule has 2 aromatic heterocycles. The molecule has 0 saturated carbocycles. The van der Waals surface area contributed by atoms with E-state index in [1.165, 1.54) is 10.8 Å². The third kappa shape index (κ3) is 5.32. The number of aromatic nitrogens is 1. The fourth-order valence-electron chi connectivity index (χ4n) is 8.24. The normalized spacial score (nSPS) is 14.2. The maximum absolute atomic E-state index is 6.51. The first-order valence-electron chi connectivity index (χ1n) is 18.9. The fourth-order valence-corrected chi connectivity index (χ4v) is 8.24. The monoisotopic (exact) mass is 718 g/mol. The highest BCUT2D eigenvalue weighted by atomic mass is 16.3. The molecule has 0 amide bonds. The van der Waals surface area contributed by atoms with E-state index in [0.717, 1.165) is 83.4 Å². The number of hydrogen-bond acceptors (Lipinski definition) is 4. The lowest BCUT2D eigenvalue weighted by atomic mass is 9.97. The Labute approximate surface area is 323 Å². The van der Waals surface area contributed by atoms with Gasteiger partial charge in [0, 0.05) is 43.9 Å². The molecule has 0 bridgehead atoms. The minimum Gasteiger partial charge on any atom is -0.455 e. The zero-order valence-electron chi connectivity index (χ0n) is 30.3. The molecule has 0 spiro atoms. The van der Waals surface area contributed by atoms with E-state index in [1.807, 2.05) is 36.4 Å². The number of rotatable bonds is 6. The Morgan fingerprint density at radius 2 is 1.14 bits per heavy atom. The van der Waals surface area contributed by atoms with Crippen LogP contribution in [0.4, 0.5) is 0 Å². The minimum atomic E-state index is -0.317. The van der Waals surface area contributed by atoms with Gasteiger partial charge in [-0.2, -0.15) is 0 Å². The smallest absolute Gasteiger partial charge is 0.159 e. The Kier molecular flexibility index (Phi) is 7.49. The SMILES string of the molecule is c1ccc(C2=NC(c3ccccc3)NC(c3cc(-n4c5ccccc5c5ccc(-c6cccc7c6oc6ccccc67)cc54)ccc3-c3ccccc3)=N2)cc1. The molecule has 0 saturated heterocycles. The van der Waals surface area contributed by atoms with E-state index in [0.29, 0.717) is 5.84 Å². The third-order valence-corrected chi connectivity index (χ3v) is 10.9. The zero-order valence-corrected chi connectivity index (χ0v) is 30.3. The van der Waals surface area contributed by atoms with Gasteiger partial charge >= 0.3 is 0 Å². The van der Waals surface area contributed by atoms with Crippen molar-refractivity contribution in [2.24, 2.45) is 9.98 Å². The molecule has 1 unspecified atom stereocenters. The highest BCUT2D eigenvalue weighted by Crippen LogP contribution is 2.40. The summed E-state index contributed by atoms with van der Waals surface area (Å²) in [6, 6.07) is 68.1. The summed E-state index contributed by atoms with van der Waals surface area (Å²) in [6.07, 6.45) is -0.317. The first kappa shape index (κ1) is 32.0. The van der Waals surface area contributed by atoms with Crippen LogP contribution in [0.2, 0.25) is 0 Å². The Morgan fingerprint density at radius 1 is 0.464 bits per heavy atom. The highest BCUT2D eigenvalue weighted by molar-refractivity contribution is 6.16. The quantitative estimate of drug-likeness (QED) is 0.186. The summed E-state index contributed by atoms with van der Waals surface area (Å²) in [7, 11) is 0. The van der Waals surface area contributed by atoms with Crippen molar-refractivity contribution < 1.29 is 4.42 Å². The average Bonchev–Trinajstić information content (AvgIpc) is 3.83. The predicted octanol–water partition coefficient (Wildman–Crippen LogP) is 12.5. The number of hydrogen-bond donors (Lipinski definition) is 1. The van der Waals surface area contributed by atoms with Crippen molar-refractivity contribution in [1.29, 1.82) is 0 Å². The molecule has 0 radical (unpaired) electrons. The second-order valence-electron chi connectivity index (χ2n) is 14.2. The number of benzene rings is 8. The highest BCUT2D eigenvalue weighted by Gasteiger charge is 2.24. The van der Waals surface area contributed by atoms with Crippen LogP contribution in [0.5, 0.6) is 0 Å². The Hall–Kier alpha value is -7.50. The number of aliphatic imine (C=N–C) groups is 2. The summed E-state index contributed by atoms with van der Waals surface area (Å²) in [5.41, 5.74) is 12.5. The van der Waals surface area contributed by atoms with Crippen LogP contribution in [0.3, 0.4) is 0 Å². The fraction of sp³-hybridized carbons (Fsp3) is 0.0196. The van der Waals surface area contributed by atoms with E-state index < -0.39 is 0 Å². The molecular weight excluding hydrogens is 685 g/mol. The van der Waals surface area contributed by atoms with Gasteiger partial charge in [-0.05, 0) is 52.6 Å². The molecule has 11 rings (SSSR count). The number of fused-ring (bicyclic) bond motifs is 6. The zero-order chi connectivity index (χ0) is 37.0. The van der Waals surface area contributed by atoms with E-state index in [2.05, 4.69) is 168 Å². The Balaban J connectivity index is 1.13. The van der Waals surface area contributed by atoms with Gasteiger partial charge < -0.3 is 14.3 Å². The number of furan rings is 1. The standard InChI is InChI=1S/C51H34N4O/c1-4-15-33(16-5-1)38-30-28-37(32-44(38)51-53-49(34-17-6-2-7-18-34)52-50(54-51)35-19-8-3-9-20-35)55-45-25-12-10-21-40(45)41-29-27-36(31-46(41)55)39-23-14-24-43-42-22-11-13-26-47(42)56-48(39)43/h1-32,49H,(H,52,53,54).